The number of rotatable bonds is 7. The maximum Gasteiger partial charge on any atom is 0.135 e. The molecule has 2 atom stereocenters. The van der Waals surface area contributed by atoms with Crippen molar-refractivity contribution < 1.29 is 4.42 Å². The predicted molar refractivity (Wildman–Crippen MR) is 252 cm³/mol. The van der Waals surface area contributed by atoms with Gasteiger partial charge in [-0.05, 0) is 126 Å². The number of hydrogen-bond acceptors (Lipinski definition) is 5. The summed E-state index contributed by atoms with van der Waals surface area (Å²) in [6.07, 6.45) is 20.8. The van der Waals surface area contributed by atoms with Crippen LogP contribution in [0.1, 0.15) is 35.6 Å². The van der Waals surface area contributed by atoms with E-state index in [1.54, 1.807) is 0 Å². The van der Waals surface area contributed by atoms with Crippen molar-refractivity contribution in [1.29, 1.82) is 0 Å². The molecule has 0 saturated carbocycles. The number of pyridine rings is 3. The molecule has 294 valence electrons. The van der Waals surface area contributed by atoms with Gasteiger partial charge in [0.05, 0.1) is 34.2 Å². The maximum atomic E-state index is 6.70. The first kappa shape index (κ1) is 35.9. The van der Waals surface area contributed by atoms with Gasteiger partial charge in [-0.25, -0.2) is 0 Å². The van der Waals surface area contributed by atoms with Gasteiger partial charge in [-0.1, -0.05) is 78.6 Å². The van der Waals surface area contributed by atoms with Gasteiger partial charge in [0, 0.05) is 81.5 Å². The quantitative estimate of drug-likeness (QED) is 0.163. The van der Waals surface area contributed by atoms with E-state index < -0.39 is 0 Å². The average molecular weight is 798 g/mol. The molecule has 2 aliphatic carbocycles. The van der Waals surface area contributed by atoms with Gasteiger partial charge in [-0.2, -0.15) is 0 Å². The summed E-state index contributed by atoms with van der Waals surface area (Å²) in [4.78, 5) is 14.3. The summed E-state index contributed by atoms with van der Waals surface area (Å²) in [6.45, 7) is 0. The van der Waals surface area contributed by atoms with E-state index in [1.165, 1.54) is 38.6 Å². The SMILES string of the molecule is C1#CCC(c2ccc3c(c2)c2cc(-c4ccccc4-c4ccccn4)ccc2n3C2=Cc3c(oc4cc(-c5ccccn5)c(-c5ccccn5)cc34)CC2)C(C2C=CC=CN2)=C1. The van der Waals surface area contributed by atoms with Gasteiger partial charge in [0.2, 0.25) is 0 Å². The molecule has 6 heteroatoms. The third-order valence-corrected chi connectivity index (χ3v) is 12.6. The molecule has 0 saturated heterocycles. The minimum Gasteiger partial charge on any atom is -0.460 e. The number of furan rings is 1. The summed E-state index contributed by atoms with van der Waals surface area (Å²) in [5.74, 6) is 7.87. The number of nitrogens with zero attached hydrogens (tertiary/aromatic N) is 4. The second-order valence-corrected chi connectivity index (χ2v) is 16.1. The van der Waals surface area contributed by atoms with Crippen molar-refractivity contribution in [1.82, 2.24) is 24.8 Å². The highest BCUT2D eigenvalue weighted by Crippen LogP contribution is 2.45. The van der Waals surface area contributed by atoms with Crippen molar-refractivity contribution in [3.05, 3.63) is 199 Å². The van der Waals surface area contributed by atoms with E-state index in [-0.39, 0.29) is 12.0 Å². The molecule has 0 radical (unpaired) electrons. The number of benzene rings is 4. The Morgan fingerprint density at radius 2 is 1.32 bits per heavy atom. The molecular formula is C56H39N5O. The summed E-state index contributed by atoms with van der Waals surface area (Å²) in [5, 5.41) is 7.06. The third kappa shape index (κ3) is 6.09. The number of fused-ring (bicyclic) bond motifs is 6. The fourth-order valence-electron chi connectivity index (χ4n) is 9.68. The standard InChI is InChI=1S/C56H39N5O/c1-3-15-41(49-17-5-9-27-57-49)39(13-1)36-21-24-53-45(31-36)46-32-37(40-14-2-4-16-42(40)50-18-6-10-28-58-50)22-25-54(46)61(53)38-23-26-55-47(33-38)48-34-43(51-19-7-11-29-59-51)44(35-56(48)62-55)52-20-8-12-30-60-52/h1,3,5-13,15-22,24-25,27-35,40,50,58H,14,23,26H2. The van der Waals surface area contributed by atoms with Crippen LogP contribution in [0.3, 0.4) is 0 Å². The number of dihydropyridines is 1. The van der Waals surface area contributed by atoms with Gasteiger partial charge in [-0.3, -0.25) is 15.0 Å². The van der Waals surface area contributed by atoms with Gasteiger partial charge in [-0.15, -0.1) is 0 Å². The van der Waals surface area contributed by atoms with Crippen molar-refractivity contribution in [2.75, 3.05) is 0 Å². The van der Waals surface area contributed by atoms with E-state index in [2.05, 4.69) is 137 Å². The van der Waals surface area contributed by atoms with E-state index in [4.69, 9.17) is 19.4 Å². The van der Waals surface area contributed by atoms with Crippen LogP contribution in [-0.2, 0) is 6.42 Å². The largest absolute Gasteiger partial charge is 0.460 e. The van der Waals surface area contributed by atoms with Crippen molar-refractivity contribution >= 4 is 44.5 Å². The molecule has 0 amide bonds. The molecule has 9 aromatic rings. The maximum absolute atomic E-state index is 6.70. The summed E-state index contributed by atoms with van der Waals surface area (Å²) in [7, 11) is 0. The fraction of sp³-hybridized carbons (Fsp3) is 0.0893. The van der Waals surface area contributed by atoms with Crippen molar-refractivity contribution in [3.8, 4) is 56.7 Å². The molecular weight excluding hydrogens is 759 g/mol. The van der Waals surface area contributed by atoms with Gasteiger partial charge < -0.3 is 14.3 Å². The van der Waals surface area contributed by atoms with Gasteiger partial charge in [0.1, 0.15) is 11.3 Å². The molecule has 62 heavy (non-hydrogen) atoms. The second kappa shape index (κ2) is 14.9. The van der Waals surface area contributed by atoms with Crippen LogP contribution in [0.5, 0.6) is 0 Å². The third-order valence-electron chi connectivity index (χ3n) is 12.6. The number of aromatic nitrogens is 4. The smallest absolute Gasteiger partial charge is 0.135 e. The minimum atomic E-state index is 0.107. The number of aryl methyl sites for hydroxylation is 1. The van der Waals surface area contributed by atoms with Gasteiger partial charge in [0.25, 0.3) is 0 Å². The topological polar surface area (TPSA) is 68.8 Å². The van der Waals surface area contributed by atoms with Gasteiger partial charge in [0.15, 0.2) is 0 Å². The van der Waals surface area contributed by atoms with Crippen LogP contribution in [0, 0.1) is 11.8 Å². The second-order valence-electron chi connectivity index (χ2n) is 16.1. The molecule has 3 aliphatic rings. The molecule has 6 nitrogen and oxygen atoms in total. The monoisotopic (exact) mass is 797 g/mol. The summed E-state index contributed by atoms with van der Waals surface area (Å²) in [5.41, 5.74) is 16.3. The predicted octanol–water partition coefficient (Wildman–Crippen LogP) is 12.8. The zero-order chi connectivity index (χ0) is 41.0. The van der Waals surface area contributed by atoms with Crippen molar-refractivity contribution in [3.63, 3.8) is 0 Å². The van der Waals surface area contributed by atoms with E-state index in [0.29, 0.717) is 0 Å². The number of allylic oxidation sites excluding steroid dienone is 4. The molecule has 0 fully saturated rings. The fourth-order valence-corrected chi connectivity index (χ4v) is 9.68. The lowest BCUT2D eigenvalue weighted by atomic mass is 9.81. The molecule has 12 rings (SSSR count). The first-order chi connectivity index (χ1) is 30.7. The number of nitrogens with one attached hydrogen (secondary N) is 1. The Labute approximate surface area is 359 Å². The first-order valence-corrected chi connectivity index (χ1v) is 21.2. The Morgan fingerprint density at radius 3 is 2.05 bits per heavy atom. The highest BCUT2D eigenvalue weighted by molar-refractivity contribution is 6.13. The number of hydrogen-bond donors (Lipinski definition) is 1. The normalized spacial score (nSPS) is 16.7. The lowest BCUT2D eigenvalue weighted by Crippen LogP contribution is -2.29. The highest BCUT2D eigenvalue weighted by atomic mass is 16.3. The van der Waals surface area contributed by atoms with Crippen LogP contribution >= 0.6 is 0 Å². The zero-order valence-electron chi connectivity index (χ0n) is 33.8. The summed E-state index contributed by atoms with van der Waals surface area (Å²) < 4.78 is 9.19. The first-order valence-electron chi connectivity index (χ1n) is 21.2. The van der Waals surface area contributed by atoms with Crippen LogP contribution < -0.4 is 5.32 Å². The average Bonchev–Trinajstić information content (AvgIpc) is 3.88. The van der Waals surface area contributed by atoms with Crippen LogP contribution in [-0.4, -0.2) is 25.6 Å². The van der Waals surface area contributed by atoms with E-state index in [0.717, 1.165) is 86.5 Å². The lowest BCUT2D eigenvalue weighted by Gasteiger charge is -2.27. The molecule has 2 unspecified atom stereocenters. The molecule has 1 N–H and O–H groups in total. The van der Waals surface area contributed by atoms with Crippen LogP contribution in [0.15, 0.2) is 186 Å². The highest BCUT2D eigenvalue weighted by Gasteiger charge is 2.27. The summed E-state index contributed by atoms with van der Waals surface area (Å²) in [6, 6.07) is 45.3. The molecule has 4 aromatic carbocycles. The van der Waals surface area contributed by atoms with Crippen molar-refractivity contribution in [2.45, 2.75) is 31.2 Å². The Morgan fingerprint density at radius 1 is 0.629 bits per heavy atom. The zero-order valence-corrected chi connectivity index (χ0v) is 33.8. The Bertz CT molecular complexity index is 3410. The molecule has 1 aliphatic heterocycles. The molecule has 6 heterocycles. The van der Waals surface area contributed by atoms with Crippen molar-refractivity contribution in [2.24, 2.45) is 0 Å². The van der Waals surface area contributed by atoms with Gasteiger partial charge >= 0.3 is 0 Å². The Balaban J connectivity index is 1.05. The van der Waals surface area contributed by atoms with E-state index in [1.807, 2.05) is 67.3 Å². The van der Waals surface area contributed by atoms with Crippen LogP contribution in [0.2, 0.25) is 0 Å². The van der Waals surface area contributed by atoms with Crippen LogP contribution in [0.4, 0.5) is 0 Å². The molecule has 5 aromatic heterocycles. The minimum absolute atomic E-state index is 0.107. The lowest BCUT2D eigenvalue weighted by molar-refractivity contribution is 0.546. The molecule has 0 bridgehead atoms. The Kier molecular flexibility index (Phi) is 8.64. The van der Waals surface area contributed by atoms with Crippen LogP contribution in [0.25, 0.3) is 89.4 Å². The van der Waals surface area contributed by atoms with E-state index in [9.17, 15) is 0 Å². The molecule has 0 spiro atoms. The summed E-state index contributed by atoms with van der Waals surface area (Å²) >= 11 is 0. The Hall–Kier alpha value is -8.01. The van der Waals surface area contributed by atoms with E-state index >= 15 is 0 Å².